The summed E-state index contributed by atoms with van der Waals surface area (Å²) >= 11 is 0. The van der Waals surface area contributed by atoms with E-state index in [-0.39, 0.29) is 11.6 Å². The van der Waals surface area contributed by atoms with Crippen LogP contribution in [0.25, 0.3) is 0 Å². The Morgan fingerprint density at radius 3 is 2.12 bits per heavy atom. The van der Waals surface area contributed by atoms with Crippen LogP contribution in [0.15, 0.2) is 24.3 Å². The summed E-state index contributed by atoms with van der Waals surface area (Å²) in [6.07, 6.45) is 0. The second-order valence-corrected chi connectivity index (χ2v) is 3.91. The van der Waals surface area contributed by atoms with Gasteiger partial charge in [-0.1, -0.05) is 26.0 Å². The van der Waals surface area contributed by atoms with Crippen LogP contribution in [0.3, 0.4) is 0 Å². The van der Waals surface area contributed by atoms with Gasteiger partial charge in [0.1, 0.15) is 0 Å². The number of aliphatic carboxylic acids is 1. The second kappa shape index (κ2) is 4.74. The monoisotopic (exact) mass is 223 g/mol. The summed E-state index contributed by atoms with van der Waals surface area (Å²) in [6.45, 7) is 3.61. The van der Waals surface area contributed by atoms with E-state index in [9.17, 15) is 14.9 Å². The molecule has 0 aromatic heterocycles. The number of carboxylic acids is 1. The average Bonchev–Trinajstić information content (AvgIpc) is 2.17. The number of nitro benzene ring substituents is 1. The van der Waals surface area contributed by atoms with Crippen LogP contribution >= 0.6 is 0 Å². The van der Waals surface area contributed by atoms with Gasteiger partial charge in [0.2, 0.25) is 0 Å². The molecular weight excluding hydrogens is 210 g/mol. The van der Waals surface area contributed by atoms with Gasteiger partial charge in [0.15, 0.2) is 0 Å². The van der Waals surface area contributed by atoms with E-state index in [1.807, 2.05) is 0 Å². The molecule has 5 nitrogen and oxygen atoms in total. The zero-order valence-corrected chi connectivity index (χ0v) is 9.08. The van der Waals surface area contributed by atoms with Crippen molar-refractivity contribution in [2.45, 2.75) is 19.8 Å². The molecule has 0 aliphatic heterocycles. The van der Waals surface area contributed by atoms with Crippen LogP contribution in [0.1, 0.15) is 25.3 Å². The maximum absolute atomic E-state index is 11.0. The maximum Gasteiger partial charge on any atom is 0.311 e. The summed E-state index contributed by atoms with van der Waals surface area (Å²) < 4.78 is 0. The van der Waals surface area contributed by atoms with Gasteiger partial charge in [-0.05, 0) is 11.5 Å². The first-order valence-corrected chi connectivity index (χ1v) is 4.90. The van der Waals surface area contributed by atoms with Crippen molar-refractivity contribution >= 4 is 11.7 Å². The van der Waals surface area contributed by atoms with Crippen molar-refractivity contribution in [3.05, 3.63) is 39.9 Å². The molecule has 0 spiro atoms. The summed E-state index contributed by atoms with van der Waals surface area (Å²) in [4.78, 5) is 21.0. The SMILES string of the molecule is CC(C)C(C(=O)O)c1ccc([N+](=O)[O-])cc1. The van der Waals surface area contributed by atoms with Crippen molar-refractivity contribution in [2.75, 3.05) is 0 Å². The maximum atomic E-state index is 11.0. The first-order chi connectivity index (χ1) is 7.43. The molecule has 0 bridgehead atoms. The molecule has 1 aromatic carbocycles. The Balaban J connectivity index is 3.03. The molecule has 1 rings (SSSR count). The minimum atomic E-state index is -0.913. The molecule has 0 heterocycles. The third-order valence-electron chi connectivity index (χ3n) is 2.40. The lowest BCUT2D eigenvalue weighted by Crippen LogP contribution is -2.17. The van der Waals surface area contributed by atoms with Crippen molar-refractivity contribution in [2.24, 2.45) is 5.92 Å². The van der Waals surface area contributed by atoms with Crippen LogP contribution in [-0.2, 0) is 4.79 Å². The van der Waals surface area contributed by atoms with E-state index < -0.39 is 16.8 Å². The molecule has 0 radical (unpaired) electrons. The van der Waals surface area contributed by atoms with Crippen LogP contribution in [0.4, 0.5) is 5.69 Å². The zero-order chi connectivity index (χ0) is 12.3. The molecule has 1 atom stereocenters. The predicted molar refractivity (Wildman–Crippen MR) is 58.3 cm³/mol. The molecule has 1 N–H and O–H groups in total. The summed E-state index contributed by atoms with van der Waals surface area (Å²) in [7, 11) is 0. The molecule has 0 saturated carbocycles. The molecule has 1 aromatic rings. The fourth-order valence-corrected chi connectivity index (χ4v) is 1.62. The number of benzene rings is 1. The third kappa shape index (κ3) is 2.56. The number of carboxylic acid groups (broad SMARTS) is 1. The van der Waals surface area contributed by atoms with Gasteiger partial charge in [-0.15, -0.1) is 0 Å². The first kappa shape index (κ1) is 12.2. The van der Waals surface area contributed by atoms with Crippen molar-refractivity contribution in [1.82, 2.24) is 0 Å². The van der Waals surface area contributed by atoms with Crippen molar-refractivity contribution in [3.8, 4) is 0 Å². The predicted octanol–water partition coefficient (Wildman–Crippen LogP) is 2.42. The zero-order valence-electron chi connectivity index (χ0n) is 9.08. The van der Waals surface area contributed by atoms with E-state index in [0.29, 0.717) is 5.56 Å². The smallest absolute Gasteiger partial charge is 0.311 e. The standard InChI is InChI=1S/C11H13NO4/c1-7(2)10(11(13)14)8-3-5-9(6-4-8)12(15)16/h3-7,10H,1-2H3,(H,13,14). The average molecular weight is 223 g/mol. The minimum Gasteiger partial charge on any atom is -0.481 e. The molecular formula is C11H13NO4. The lowest BCUT2D eigenvalue weighted by Gasteiger charge is -2.16. The van der Waals surface area contributed by atoms with Gasteiger partial charge < -0.3 is 5.11 Å². The molecule has 16 heavy (non-hydrogen) atoms. The number of carbonyl (C=O) groups is 1. The lowest BCUT2D eigenvalue weighted by molar-refractivity contribution is -0.384. The van der Waals surface area contributed by atoms with Crippen LogP contribution in [0, 0.1) is 16.0 Å². The first-order valence-electron chi connectivity index (χ1n) is 4.90. The Labute approximate surface area is 92.9 Å². The van der Waals surface area contributed by atoms with Gasteiger partial charge in [0.05, 0.1) is 10.8 Å². The molecule has 0 aliphatic rings. The van der Waals surface area contributed by atoms with E-state index in [2.05, 4.69) is 0 Å². The molecule has 1 unspecified atom stereocenters. The topological polar surface area (TPSA) is 80.4 Å². The molecule has 0 amide bonds. The fraction of sp³-hybridized carbons (Fsp3) is 0.364. The highest BCUT2D eigenvalue weighted by Gasteiger charge is 2.23. The number of non-ortho nitro benzene ring substituents is 1. The van der Waals surface area contributed by atoms with E-state index >= 15 is 0 Å². The van der Waals surface area contributed by atoms with Crippen molar-refractivity contribution < 1.29 is 14.8 Å². The summed E-state index contributed by atoms with van der Waals surface area (Å²) in [6, 6.07) is 5.65. The van der Waals surface area contributed by atoms with Crippen molar-refractivity contribution in [3.63, 3.8) is 0 Å². The molecule has 86 valence electrons. The fourth-order valence-electron chi connectivity index (χ4n) is 1.62. The Bertz CT molecular complexity index is 397. The van der Waals surface area contributed by atoms with Gasteiger partial charge in [-0.25, -0.2) is 0 Å². The highest BCUT2D eigenvalue weighted by molar-refractivity contribution is 5.76. The van der Waals surface area contributed by atoms with E-state index in [1.165, 1.54) is 24.3 Å². The van der Waals surface area contributed by atoms with Crippen molar-refractivity contribution in [1.29, 1.82) is 0 Å². The Kier molecular flexibility index (Phi) is 3.60. The van der Waals surface area contributed by atoms with Crippen LogP contribution in [0.2, 0.25) is 0 Å². The van der Waals surface area contributed by atoms with Crippen LogP contribution in [-0.4, -0.2) is 16.0 Å². The van der Waals surface area contributed by atoms with Gasteiger partial charge in [0.25, 0.3) is 5.69 Å². The van der Waals surface area contributed by atoms with Crippen LogP contribution < -0.4 is 0 Å². The number of hydrogen-bond donors (Lipinski definition) is 1. The van der Waals surface area contributed by atoms with Crippen LogP contribution in [0.5, 0.6) is 0 Å². The highest BCUT2D eigenvalue weighted by Crippen LogP contribution is 2.26. The number of rotatable bonds is 4. The minimum absolute atomic E-state index is 0.0309. The molecule has 0 fully saturated rings. The summed E-state index contributed by atoms with van der Waals surface area (Å²) in [5, 5.41) is 19.5. The Morgan fingerprint density at radius 1 is 1.31 bits per heavy atom. The Morgan fingerprint density at radius 2 is 1.81 bits per heavy atom. The van der Waals surface area contributed by atoms with Gasteiger partial charge in [-0.3, -0.25) is 14.9 Å². The van der Waals surface area contributed by atoms with E-state index in [0.717, 1.165) is 0 Å². The normalized spacial score (nSPS) is 12.4. The van der Waals surface area contributed by atoms with Gasteiger partial charge in [-0.2, -0.15) is 0 Å². The number of hydrogen-bond acceptors (Lipinski definition) is 3. The molecule has 5 heteroatoms. The largest absolute Gasteiger partial charge is 0.481 e. The second-order valence-electron chi connectivity index (χ2n) is 3.91. The quantitative estimate of drug-likeness (QED) is 0.627. The van der Waals surface area contributed by atoms with E-state index in [4.69, 9.17) is 5.11 Å². The number of nitro groups is 1. The third-order valence-corrected chi connectivity index (χ3v) is 2.40. The highest BCUT2D eigenvalue weighted by atomic mass is 16.6. The van der Waals surface area contributed by atoms with Gasteiger partial charge >= 0.3 is 5.97 Å². The number of nitrogens with zero attached hydrogens (tertiary/aromatic N) is 1. The molecule has 0 saturated heterocycles. The summed E-state index contributed by atoms with van der Waals surface area (Å²) in [5.41, 5.74) is 0.560. The Hall–Kier alpha value is -1.91. The molecule has 0 aliphatic carbocycles. The lowest BCUT2D eigenvalue weighted by atomic mass is 9.88. The van der Waals surface area contributed by atoms with Gasteiger partial charge in [0, 0.05) is 12.1 Å². The summed E-state index contributed by atoms with van der Waals surface area (Å²) in [5.74, 6) is -1.59. The van der Waals surface area contributed by atoms with E-state index in [1.54, 1.807) is 13.8 Å².